The molecule has 0 radical (unpaired) electrons. The van der Waals surface area contributed by atoms with Crippen LogP contribution in [0.3, 0.4) is 0 Å². The van der Waals surface area contributed by atoms with E-state index in [0.717, 1.165) is 22.0 Å². The average Bonchev–Trinajstić information content (AvgIpc) is 3.51. The van der Waals surface area contributed by atoms with E-state index < -0.39 is 12.1 Å². The van der Waals surface area contributed by atoms with E-state index in [9.17, 15) is 19.2 Å². The first-order chi connectivity index (χ1) is 24.1. The molecule has 6 rings (SSSR count). The molecular weight excluding hydrogens is 632 g/mol. The molecule has 3 atom stereocenters. The number of amides is 5. The third-order valence-electron chi connectivity index (χ3n) is 9.32. The van der Waals surface area contributed by atoms with Crippen LogP contribution in [0.2, 0.25) is 0 Å². The van der Waals surface area contributed by atoms with Crippen molar-refractivity contribution in [2.45, 2.75) is 43.8 Å². The number of rotatable bonds is 6. The standard InChI is InChI=1S/C39H44N6O5/c1-43(2)32-13-7-12-30(22-32)41-39(49)42-35-15-8-18-44(3)37(47)29-11-6-14-34(21-29)50-25-33-23-31(24-45(33)38(35)48)40-36(46)20-26-16-17-27-9-4-5-10-28(27)19-26/h4-7,9-14,16-17,19,21-22,31,33,35H,8,15,18,20,23-25H2,1-3H3,(H,40,46)(H2,41,42,49)/t31-,33-,35-/m0/s1. The van der Waals surface area contributed by atoms with Crippen molar-refractivity contribution in [1.82, 2.24) is 20.4 Å². The maximum absolute atomic E-state index is 14.3. The highest BCUT2D eigenvalue weighted by molar-refractivity contribution is 5.95. The van der Waals surface area contributed by atoms with E-state index in [1.807, 2.05) is 79.7 Å². The lowest BCUT2D eigenvalue weighted by Gasteiger charge is -2.30. The van der Waals surface area contributed by atoms with Gasteiger partial charge in [-0.1, -0.05) is 54.6 Å². The van der Waals surface area contributed by atoms with Crippen LogP contribution in [0.15, 0.2) is 91.0 Å². The van der Waals surface area contributed by atoms with Gasteiger partial charge in [-0.25, -0.2) is 4.79 Å². The number of carbonyl (C=O) groups is 4. The zero-order valence-electron chi connectivity index (χ0n) is 28.7. The minimum absolute atomic E-state index is 0.131. The van der Waals surface area contributed by atoms with E-state index in [1.165, 1.54) is 0 Å². The predicted octanol–water partition coefficient (Wildman–Crippen LogP) is 4.67. The molecule has 4 aromatic carbocycles. The van der Waals surface area contributed by atoms with Gasteiger partial charge >= 0.3 is 6.03 Å². The minimum Gasteiger partial charge on any atom is -0.491 e. The summed E-state index contributed by atoms with van der Waals surface area (Å²) in [6, 6.07) is 26.4. The molecular formula is C39H44N6O5. The smallest absolute Gasteiger partial charge is 0.319 e. The Morgan fingerprint density at radius 3 is 2.52 bits per heavy atom. The molecule has 0 unspecified atom stereocenters. The Hall–Kier alpha value is -5.58. The minimum atomic E-state index is -0.870. The number of anilines is 2. The summed E-state index contributed by atoms with van der Waals surface area (Å²) in [6.45, 7) is 0.824. The number of hydrogen-bond donors (Lipinski definition) is 3. The van der Waals surface area contributed by atoms with Crippen LogP contribution in [-0.4, -0.2) is 92.5 Å². The van der Waals surface area contributed by atoms with Crippen molar-refractivity contribution < 1.29 is 23.9 Å². The number of nitrogens with zero attached hydrogens (tertiary/aromatic N) is 3. The van der Waals surface area contributed by atoms with E-state index in [1.54, 1.807) is 47.2 Å². The Labute approximate surface area is 292 Å². The van der Waals surface area contributed by atoms with Crippen molar-refractivity contribution in [1.29, 1.82) is 0 Å². The highest BCUT2D eigenvalue weighted by Gasteiger charge is 2.39. The first kappa shape index (κ1) is 34.3. The van der Waals surface area contributed by atoms with Crippen molar-refractivity contribution in [2.75, 3.05) is 51.1 Å². The van der Waals surface area contributed by atoms with Crippen molar-refractivity contribution in [3.05, 3.63) is 102 Å². The topological polar surface area (TPSA) is 123 Å². The zero-order valence-corrected chi connectivity index (χ0v) is 28.7. The number of nitrogens with one attached hydrogen (secondary N) is 3. The molecule has 11 nitrogen and oxygen atoms in total. The number of hydrogen-bond acceptors (Lipinski definition) is 6. The lowest BCUT2D eigenvalue weighted by molar-refractivity contribution is -0.135. The zero-order chi connectivity index (χ0) is 35.2. The summed E-state index contributed by atoms with van der Waals surface area (Å²) in [5.74, 6) is -0.0275. The van der Waals surface area contributed by atoms with Crippen molar-refractivity contribution in [3.8, 4) is 5.75 Å². The van der Waals surface area contributed by atoms with E-state index in [2.05, 4.69) is 16.0 Å². The summed E-state index contributed by atoms with van der Waals surface area (Å²) < 4.78 is 6.17. The molecule has 5 amide bonds. The van der Waals surface area contributed by atoms with Gasteiger partial charge in [-0.15, -0.1) is 0 Å². The Morgan fingerprint density at radius 2 is 1.70 bits per heavy atom. The fraction of sp³-hybridized carbons (Fsp3) is 0.333. The third kappa shape index (κ3) is 8.34. The van der Waals surface area contributed by atoms with Gasteiger partial charge in [0.25, 0.3) is 5.91 Å². The first-order valence-corrected chi connectivity index (χ1v) is 17.0. The molecule has 0 aromatic heterocycles. The summed E-state index contributed by atoms with van der Waals surface area (Å²) in [5, 5.41) is 11.1. The monoisotopic (exact) mass is 676 g/mol. The molecule has 0 saturated carbocycles. The Kier molecular flexibility index (Phi) is 10.5. The van der Waals surface area contributed by atoms with E-state index in [0.29, 0.717) is 42.8 Å². The Morgan fingerprint density at radius 1 is 0.900 bits per heavy atom. The van der Waals surface area contributed by atoms with Gasteiger partial charge in [0.1, 0.15) is 18.4 Å². The summed E-state index contributed by atoms with van der Waals surface area (Å²) >= 11 is 0. The van der Waals surface area contributed by atoms with Crippen LogP contribution in [0.5, 0.6) is 5.75 Å². The lowest BCUT2D eigenvalue weighted by atomic mass is 10.0. The number of fused-ring (bicyclic) bond motifs is 4. The molecule has 2 heterocycles. The van der Waals surface area contributed by atoms with Crippen molar-refractivity contribution >= 4 is 45.9 Å². The van der Waals surface area contributed by atoms with E-state index in [-0.39, 0.29) is 49.4 Å². The van der Waals surface area contributed by atoms with Crippen LogP contribution < -0.4 is 25.6 Å². The normalized spacial score (nSPS) is 19.6. The van der Waals surface area contributed by atoms with Crippen LogP contribution in [-0.2, 0) is 16.0 Å². The van der Waals surface area contributed by atoms with Crippen molar-refractivity contribution in [2.24, 2.45) is 0 Å². The summed E-state index contributed by atoms with van der Waals surface area (Å²) in [7, 11) is 5.55. The molecule has 0 spiro atoms. The van der Waals surface area contributed by atoms with Gasteiger partial charge < -0.3 is 35.4 Å². The third-order valence-corrected chi connectivity index (χ3v) is 9.32. The van der Waals surface area contributed by atoms with Gasteiger partial charge in [0.05, 0.1) is 12.5 Å². The molecule has 2 bridgehead atoms. The molecule has 2 aliphatic heterocycles. The Bertz CT molecular complexity index is 1880. The SMILES string of the molecule is CN1CCC[C@H](NC(=O)Nc2cccc(N(C)C)c2)C(=O)N2C[C@@H](NC(=O)Cc3ccc4ccccc4c3)C[C@H]2COc2cccc(c2)C1=O. The number of benzene rings is 4. The molecule has 2 aliphatic rings. The van der Waals surface area contributed by atoms with Crippen molar-refractivity contribution in [3.63, 3.8) is 0 Å². The van der Waals surface area contributed by atoms with Crippen LogP contribution in [0, 0.1) is 0 Å². The van der Waals surface area contributed by atoms with Gasteiger partial charge in [0.15, 0.2) is 0 Å². The summed E-state index contributed by atoms with van der Waals surface area (Å²) in [6.07, 6.45) is 1.48. The van der Waals surface area contributed by atoms with Gasteiger partial charge in [-0.05, 0) is 72.0 Å². The average molecular weight is 677 g/mol. The fourth-order valence-corrected chi connectivity index (χ4v) is 6.67. The molecule has 4 aromatic rings. The highest BCUT2D eigenvalue weighted by atomic mass is 16.5. The summed E-state index contributed by atoms with van der Waals surface area (Å²) in [5.41, 5.74) is 2.93. The largest absolute Gasteiger partial charge is 0.491 e. The molecule has 1 saturated heterocycles. The molecule has 260 valence electrons. The summed E-state index contributed by atoms with van der Waals surface area (Å²) in [4.78, 5) is 59.4. The maximum Gasteiger partial charge on any atom is 0.319 e. The fourth-order valence-electron chi connectivity index (χ4n) is 6.67. The highest BCUT2D eigenvalue weighted by Crippen LogP contribution is 2.25. The van der Waals surface area contributed by atoms with Crippen LogP contribution >= 0.6 is 0 Å². The Balaban J connectivity index is 1.20. The molecule has 1 fully saturated rings. The second kappa shape index (κ2) is 15.3. The van der Waals surface area contributed by atoms with Gasteiger partial charge in [-0.3, -0.25) is 14.4 Å². The molecule has 11 heteroatoms. The van der Waals surface area contributed by atoms with Gasteiger partial charge in [-0.2, -0.15) is 0 Å². The molecule has 3 N–H and O–H groups in total. The predicted molar refractivity (Wildman–Crippen MR) is 195 cm³/mol. The molecule has 0 aliphatic carbocycles. The van der Waals surface area contributed by atoms with Crippen LogP contribution in [0.4, 0.5) is 16.2 Å². The van der Waals surface area contributed by atoms with E-state index >= 15 is 0 Å². The molecule has 50 heavy (non-hydrogen) atoms. The maximum atomic E-state index is 14.3. The van der Waals surface area contributed by atoms with Crippen LogP contribution in [0.25, 0.3) is 10.8 Å². The number of urea groups is 1. The number of ether oxygens (including phenoxy) is 1. The van der Waals surface area contributed by atoms with Gasteiger partial charge in [0, 0.05) is 57.2 Å². The second-order valence-corrected chi connectivity index (χ2v) is 13.3. The van der Waals surface area contributed by atoms with Gasteiger partial charge in [0.2, 0.25) is 11.8 Å². The van der Waals surface area contributed by atoms with E-state index in [4.69, 9.17) is 4.74 Å². The van der Waals surface area contributed by atoms with Crippen LogP contribution in [0.1, 0.15) is 35.2 Å². The quantitative estimate of drug-likeness (QED) is 0.273. The number of carbonyl (C=O) groups excluding carboxylic acids is 4. The lowest BCUT2D eigenvalue weighted by Crippen LogP contribution is -2.52. The second-order valence-electron chi connectivity index (χ2n) is 13.3. The first-order valence-electron chi connectivity index (χ1n) is 17.0.